The highest BCUT2D eigenvalue weighted by Crippen LogP contribution is 1.64. The molecule has 0 saturated carbocycles. The number of carbonyl (C=O) groups is 1. The van der Waals surface area contributed by atoms with E-state index in [1.165, 1.54) is 0 Å². The van der Waals surface area contributed by atoms with Crippen molar-refractivity contribution in [2.24, 2.45) is 5.10 Å². The zero-order valence-corrected chi connectivity index (χ0v) is 5.00. The van der Waals surface area contributed by atoms with Crippen LogP contribution in [0.2, 0.25) is 0 Å². The molecule has 9 heavy (non-hydrogen) atoms. The first-order valence-corrected chi connectivity index (χ1v) is 2.39. The van der Waals surface area contributed by atoms with Crippen molar-refractivity contribution < 1.29 is 14.6 Å². The molecule has 0 unspecified atom stereocenters. The molecule has 52 valence electrons. The molecule has 0 rings (SSSR count). The highest BCUT2D eigenvalue weighted by atomic mass is 16.5. The lowest BCUT2D eigenvalue weighted by Crippen LogP contribution is -2.13. The van der Waals surface area contributed by atoms with Crippen molar-refractivity contribution in [3.63, 3.8) is 0 Å². The van der Waals surface area contributed by atoms with Gasteiger partial charge in [0.2, 0.25) is 0 Å². The molecule has 0 aromatic carbocycles. The number of nitrogens with one attached hydrogen (secondary N) is 1. The number of ether oxygens (including phenoxy) is 1. The number of amides is 1. The largest absolute Gasteiger partial charge is 0.482 e. The molecule has 0 radical (unpaired) electrons. The average molecular weight is 132 g/mol. The Balaban J connectivity index is 3.14. The summed E-state index contributed by atoms with van der Waals surface area (Å²) in [6.45, 7) is 2.25. The second-order valence-electron chi connectivity index (χ2n) is 1.11. The molecule has 0 aliphatic heterocycles. The summed E-state index contributed by atoms with van der Waals surface area (Å²) in [6, 6.07) is 0. The van der Waals surface area contributed by atoms with Crippen LogP contribution in [0.5, 0.6) is 0 Å². The van der Waals surface area contributed by atoms with E-state index in [1.54, 1.807) is 12.3 Å². The first-order chi connectivity index (χ1) is 4.27. The first kappa shape index (κ1) is 7.74. The number of nitrogens with zero attached hydrogens (tertiary/aromatic N) is 1. The van der Waals surface area contributed by atoms with Crippen molar-refractivity contribution >= 4 is 12.5 Å². The minimum Gasteiger partial charge on any atom is -0.482 e. The number of rotatable bonds is 3. The lowest BCUT2D eigenvalue weighted by molar-refractivity contribution is 0.194. The summed E-state index contributed by atoms with van der Waals surface area (Å²) in [7, 11) is 0. The Morgan fingerprint density at radius 1 is 2.00 bits per heavy atom. The first-order valence-electron chi connectivity index (χ1n) is 2.39. The molecule has 0 aliphatic carbocycles. The van der Waals surface area contributed by atoms with Crippen LogP contribution >= 0.6 is 0 Å². The Hall–Kier alpha value is -1.26. The van der Waals surface area contributed by atoms with Gasteiger partial charge in [-0.05, 0) is 6.92 Å². The summed E-state index contributed by atoms with van der Waals surface area (Å²) in [5.41, 5.74) is 1.74. The predicted octanol–water partition coefficient (Wildman–Crippen LogP) is 0.234. The summed E-state index contributed by atoms with van der Waals surface area (Å²) in [5, 5.41) is 11.1. The van der Waals surface area contributed by atoms with Crippen molar-refractivity contribution in [2.75, 3.05) is 6.61 Å². The van der Waals surface area contributed by atoms with Crippen molar-refractivity contribution in [3.05, 3.63) is 0 Å². The Morgan fingerprint density at radius 3 is 3.11 bits per heavy atom. The SMILES string of the molecule is CCO/C=N\NC(=O)O. The van der Waals surface area contributed by atoms with Crippen LogP contribution in [0.3, 0.4) is 0 Å². The van der Waals surface area contributed by atoms with Crippen LogP contribution < -0.4 is 5.43 Å². The van der Waals surface area contributed by atoms with Gasteiger partial charge in [0.05, 0.1) is 6.61 Å². The van der Waals surface area contributed by atoms with E-state index < -0.39 is 6.09 Å². The molecule has 0 aliphatic rings. The van der Waals surface area contributed by atoms with E-state index in [9.17, 15) is 4.79 Å². The quantitative estimate of drug-likeness (QED) is 0.328. The van der Waals surface area contributed by atoms with Gasteiger partial charge in [0.1, 0.15) is 0 Å². The minimum atomic E-state index is -1.20. The average Bonchev–Trinajstić information content (AvgIpc) is 1.80. The molecule has 0 aromatic rings. The fourth-order valence-corrected chi connectivity index (χ4v) is 0.193. The molecule has 0 atom stereocenters. The summed E-state index contributed by atoms with van der Waals surface area (Å²) < 4.78 is 4.57. The van der Waals surface area contributed by atoms with Crippen molar-refractivity contribution in [1.82, 2.24) is 5.43 Å². The molecule has 5 nitrogen and oxygen atoms in total. The van der Waals surface area contributed by atoms with Gasteiger partial charge in [0, 0.05) is 0 Å². The molecule has 0 spiro atoms. The van der Waals surface area contributed by atoms with E-state index in [4.69, 9.17) is 5.11 Å². The van der Waals surface area contributed by atoms with Gasteiger partial charge in [-0.25, -0.2) is 10.2 Å². The molecule has 0 bridgehead atoms. The summed E-state index contributed by atoms with van der Waals surface area (Å²) in [5.74, 6) is 0. The van der Waals surface area contributed by atoms with Gasteiger partial charge in [-0.3, -0.25) is 0 Å². The van der Waals surface area contributed by atoms with E-state index in [2.05, 4.69) is 9.84 Å². The van der Waals surface area contributed by atoms with Crippen LogP contribution in [0.25, 0.3) is 0 Å². The van der Waals surface area contributed by atoms with Gasteiger partial charge in [0.15, 0.2) is 6.40 Å². The standard InChI is InChI=1S/C4H8N2O3/c1-2-9-3-5-6-4(7)8/h3,6H,2H2,1H3,(H,7,8)/b5-3-. The van der Waals surface area contributed by atoms with E-state index in [1.807, 2.05) is 0 Å². The van der Waals surface area contributed by atoms with Crippen molar-refractivity contribution in [3.8, 4) is 0 Å². The monoisotopic (exact) mass is 132 g/mol. The van der Waals surface area contributed by atoms with Crippen LogP contribution in [-0.4, -0.2) is 24.2 Å². The maximum atomic E-state index is 9.68. The fourth-order valence-electron chi connectivity index (χ4n) is 0.193. The Labute approximate surface area is 52.3 Å². The Kier molecular flexibility index (Phi) is 4.20. The third-order valence-corrected chi connectivity index (χ3v) is 0.454. The zero-order valence-electron chi connectivity index (χ0n) is 5.00. The van der Waals surface area contributed by atoms with Gasteiger partial charge >= 0.3 is 6.09 Å². The van der Waals surface area contributed by atoms with Crippen molar-refractivity contribution in [1.29, 1.82) is 0 Å². The Morgan fingerprint density at radius 2 is 2.67 bits per heavy atom. The zero-order chi connectivity index (χ0) is 7.11. The molecule has 0 saturated heterocycles. The van der Waals surface area contributed by atoms with Crippen LogP contribution in [0.4, 0.5) is 4.79 Å². The normalized spacial score (nSPS) is 9.44. The smallest absolute Gasteiger partial charge is 0.425 e. The van der Waals surface area contributed by atoms with Crippen LogP contribution in [-0.2, 0) is 4.74 Å². The summed E-state index contributed by atoms with van der Waals surface area (Å²) in [6.07, 6.45) is -0.167. The summed E-state index contributed by atoms with van der Waals surface area (Å²) >= 11 is 0. The lowest BCUT2D eigenvalue weighted by Gasteiger charge is -1.90. The second kappa shape index (κ2) is 4.89. The minimum absolute atomic E-state index is 0.477. The topological polar surface area (TPSA) is 70.9 Å². The van der Waals surface area contributed by atoms with E-state index >= 15 is 0 Å². The molecular weight excluding hydrogens is 124 g/mol. The highest BCUT2D eigenvalue weighted by Gasteiger charge is 1.84. The van der Waals surface area contributed by atoms with E-state index in [0.29, 0.717) is 6.61 Å². The molecule has 2 N–H and O–H groups in total. The second-order valence-corrected chi connectivity index (χ2v) is 1.11. The maximum absolute atomic E-state index is 9.68. The molecule has 0 fully saturated rings. The fraction of sp³-hybridized carbons (Fsp3) is 0.500. The lowest BCUT2D eigenvalue weighted by atomic mass is 10.9. The number of hydrazone groups is 1. The molecular formula is C4H8N2O3. The Bertz CT molecular complexity index is 112. The van der Waals surface area contributed by atoms with E-state index in [-0.39, 0.29) is 0 Å². The molecule has 0 aromatic heterocycles. The third-order valence-electron chi connectivity index (χ3n) is 0.454. The maximum Gasteiger partial charge on any atom is 0.425 e. The van der Waals surface area contributed by atoms with E-state index in [0.717, 1.165) is 6.40 Å². The van der Waals surface area contributed by atoms with Crippen LogP contribution in [0.15, 0.2) is 5.10 Å². The van der Waals surface area contributed by atoms with Gasteiger partial charge in [0.25, 0.3) is 0 Å². The van der Waals surface area contributed by atoms with Gasteiger partial charge in [-0.2, -0.15) is 0 Å². The third kappa shape index (κ3) is 6.74. The number of hydrogen-bond donors (Lipinski definition) is 2. The van der Waals surface area contributed by atoms with Gasteiger partial charge < -0.3 is 9.84 Å². The number of hydrogen-bond acceptors (Lipinski definition) is 3. The van der Waals surface area contributed by atoms with Crippen LogP contribution in [0.1, 0.15) is 6.92 Å². The van der Waals surface area contributed by atoms with Gasteiger partial charge in [-0.15, -0.1) is 5.10 Å². The van der Waals surface area contributed by atoms with Gasteiger partial charge in [-0.1, -0.05) is 0 Å². The highest BCUT2D eigenvalue weighted by molar-refractivity contribution is 5.65. The molecule has 1 amide bonds. The predicted molar refractivity (Wildman–Crippen MR) is 31.3 cm³/mol. The van der Waals surface area contributed by atoms with Crippen LogP contribution in [0, 0.1) is 0 Å². The van der Waals surface area contributed by atoms with Crippen molar-refractivity contribution in [2.45, 2.75) is 6.92 Å². The number of carboxylic acid groups (broad SMARTS) is 1. The molecule has 0 heterocycles. The molecule has 5 heteroatoms. The summed E-state index contributed by atoms with van der Waals surface area (Å²) in [4.78, 5) is 9.68.